The van der Waals surface area contributed by atoms with E-state index < -0.39 is 0 Å². The van der Waals surface area contributed by atoms with Crippen LogP contribution < -0.4 is 10.2 Å². The maximum Gasteiger partial charge on any atom is 0.265 e. The Morgan fingerprint density at radius 2 is 1.72 bits per heavy atom. The van der Waals surface area contributed by atoms with Crippen LogP contribution in [0.4, 0.5) is 17.1 Å². The average molecular weight is 407 g/mol. The quantitative estimate of drug-likeness (QED) is 0.474. The van der Waals surface area contributed by atoms with E-state index >= 15 is 0 Å². The number of nitrogens with one attached hydrogen (secondary N) is 1. The lowest BCUT2D eigenvalue weighted by Gasteiger charge is -2.07. The number of halogens is 1. The minimum absolute atomic E-state index is 0.236. The van der Waals surface area contributed by atoms with Crippen LogP contribution in [0, 0.1) is 0 Å². The van der Waals surface area contributed by atoms with Gasteiger partial charge in [-0.3, -0.25) is 4.79 Å². The average Bonchev–Trinajstić information content (AvgIpc) is 3.14. The normalized spacial score (nSPS) is 11.1. The zero-order valence-corrected chi connectivity index (χ0v) is 15.8. The second-order valence-electron chi connectivity index (χ2n) is 6.00. The Hall–Kier alpha value is -3.78. The fourth-order valence-corrected chi connectivity index (χ4v) is 2.67. The lowest BCUT2D eigenvalue weighted by molar-refractivity contribution is -0.121. The van der Waals surface area contributed by atoms with Crippen molar-refractivity contribution in [2.45, 2.75) is 0 Å². The summed E-state index contributed by atoms with van der Waals surface area (Å²) in [6.07, 6.45) is 0. The van der Waals surface area contributed by atoms with Crippen LogP contribution in [0.25, 0.3) is 11.0 Å². The van der Waals surface area contributed by atoms with E-state index in [2.05, 4.69) is 25.9 Å². The number of rotatable bonds is 6. The fraction of sp³-hybridized carbons (Fsp3) is 0.0500. The molecule has 8 nitrogen and oxygen atoms in total. The minimum atomic E-state index is -0.339. The maximum atomic E-state index is 12.1. The molecule has 0 spiro atoms. The third-order valence-electron chi connectivity index (χ3n) is 3.88. The summed E-state index contributed by atoms with van der Waals surface area (Å²) >= 11 is 5.97. The number of azo groups is 1. The number of benzene rings is 3. The molecule has 4 aromatic rings. The van der Waals surface area contributed by atoms with Gasteiger partial charge in [-0.15, -0.1) is 5.10 Å². The highest BCUT2D eigenvalue weighted by atomic mass is 35.5. The molecule has 0 radical (unpaired) electrons. The first-order valence-corrected chi connectivity index (χ1v) is 9.06. The van der Waals surface area contributed by atoms with Gasteiger partial charge in [0.1, 0.15) is 11.0 Å². The number of nitrogens with zero attached hydrogens (tertiary/aromatic N) is 5. The van der Waals surface area contributed by atoms with Crippen molar-refractivity contribution >= 4 is 45.6 Å². The Morgan fingerprint density at radius 1 is 1.00 bits per heavy atom. The molecular weight excluding hydrogens is 392 g/mol. The van der Waals surface area contributed by atoms with E-state index in [-0.39, 0.29) is 12.5 Å². The monoisotopic (exact) mass is 406 g/mol. The van der Waals surface area contributed by atoms with Gasteiger partial charge in [-0.05, 0) is 59.8 Å². The minimum Gasteiger partial charge on any atom is -0.385 e. The number of carbonyl (C=O) groups is 1. The Morgan fingerprint density at radius 3 is 2.48 bits per heavy atom. The van der Waals surface area contributed by atoms with E-state index in [1.807, 2.05) is 30.3 Å². The topological polar surface area (TPSA) is 93.8 Å². The van der Waals surface area contributed by atoms with Gasteiger partial charge in [0.25, 0.3) is 5.91 Å². The summed E-state index contributed by atoms with van der Waals surface area (Å²) in [6.45, 7) is -0.236. The Kier molecular flexibility index (Phi) is 5.44. The van der Waals surface area contributed by atoms with Crippen molar-refractivity contribution < 1.29 is 9.63 Å². The number of aromatic nitrogens is 3. The molecule has 1 N–H and O–H groups in total. The molecule has 3 aromatic carbocycles. The van der Waals surface area contributed by atoms with Crippen LogP contribution in [0.1, 0.15) is 0 Å². The predicted molar refractivity (Wildman–Crippen MR) is 110 cm³/mol. The molecule has 1 heterocycles. The van der Waals surface area contributed by atoms with Crippen LogP contribution in [-0.2, 0) is 4.79 Å². The third-order valence-corrected chi connectivity index (χ3v) is 4.12. The van der Waals surface area contributed by atoms with Crippen molar-refractivity contribution in [3.8, 4) is 0 Å². The molecule has 1 aromatic heterocycles. The number of anilines is 1. The van der Waals surface area contributed by atoms with Crippen LogP contribution >= 0.6 is 11.6 Å². The maximum absolute atomic E-state index is 12.1. The number of hydrogen-bond acceptors (Lipinski definition) is 6. The lowest BCUT2D eigenvalue weighted by Crippen LogP contribution is -2.26. The Balaban J connectivity index is 1.33. The number of fused-ring (bicyclic) bond motifs is 1. The van der Waals surface area contributed by atoms with Crippen molar-refractivity contribution in [1.29, 1.82) is 0 Å². The van der Waals surface area contributed by atoms with Crippen molar-refractivity contribution in [3.05, 3.63) is 77.8 Å². The van der Waals surface area contributed by atoms with Gasteiger partial charge in [-0.1, -0.05) is 34.6 Å². The summed E-state index contributed by atoms with van der Waals surface area (Å²) in [5.41, 5.74) is 3.26. The third kappa shape index (κ3) is 4.74. The molecule has 0 bridgehead atoms. The van der Waals surface area contributed by atoms with Crippen LogP contribution in [0.15, 0.2) is 83.0 Å². The first kappa shape index (κ1) is 18.6. The SMILES string of the molecule is O=C(COn1nnc2ccc(Cl)cc21)Nc1ccc(N=Nc2ccccc2)cc1. The van der Waals surface area contributed by atoms with Gasteiger partial charge in [0, 0.05) is 10.7 Å². The molecular formula is C20H15ClN6O2. The highest BCUT2D eigenvalue weighted by Gasteiger charge is 2.09. The molecule has 0 unspecified atom stereocenters. The van der Waals surface area contributed by atoms with Crippen LogP contribution in [-0.4, -0.2) is 27.7 Å². The molecule has 1 amide bonds. The van der Waals surface area contributed by atoms with Gasteiger partial charge in [-0.25, -0.2) is 0 Å². The van der Waals surface area contributed by atoms with Gasteiger partial charge < -0.3 is 10.2 Å². The smallest absolute Gasteiger partial charge is 0.265 e. The molecule has 4 rings (SSSR count). The standard InChI is InChI=1S/C20H15ClN6O2/c21-14-6-11-18-19(12-14)27(26-25-18)29-13-20(28)22-15-7-9-17(10-8-15)24-23-16-4-2-1-3-5-16/h1-12H,13H2,(H,22,28). The van der Waals surface area contributed by atoms with Gasteiger partial charge in [0.15, 0.2) is 6.61 Å². The first-order valence-electron chi connectivity index (χ1n) is 8.68. The molecule has 144 valence electrons. The molecule has 0 atom stereocenters. The number of hydrogen-bond donors (Lipinski definition) is 1. The summed E-state index contributed by atoms with van der Waals surface area (Å²) in [5.74, 6) is -0.339. The van der Waals surface area contributed by atoms with Crippen molar-refractivity contribution in [3.63, 3.8) is 0 Å². The van der Waals surface area contributed by atoms with E-state index in [1.165, 1.54) is 4.85 Å². The summed E-state index contributed by atoms with van der Waals surface area (Å²) < 4.78 is 0. The van der Waals surface area contributed by atoms with Crippen molar-refractivity contribution in [2.24, 2.45) is 10.2 Å². The van der Waals surface area contributed by atoms with Crippen LogP contribution in [0.2, 0.25) is 5.02 Å². The van der Waals surface area contributed by atoms with Crippen LogP contribution in [0.5, 0.6) is 0 Å². The molecule has 0 saturated heterocycles. The van der Waals surface area contributed by atoms with Gasteiger partial charge in [0.2, 0.25) is 0 Å². The van der Waals surface area contributed by atoms with Crippen molar-refractivity contribution in [2.75, 3.05) is 11.9 Å². The molecule has 9 heteroatoms. The van der Waals surface area contributed by atoms with E-state index in [4.69, 9.17) is 16.4 Å². The van der Waals surface area contributed by atoms with E-state index in [0.717, 1.165) is 5.69 Å². The molecule has 29 heavy (non-hydrogen) atoms. The van der Waals surface area contributed by atoms with E-state index in [0.29, 0.717) is 27.4 Å². The van der Waals surface area contributed by atoms with Gasteiger partial charge in [-0.2, -0.15) is 10.2 Å². The zero-order chi connectivity index (χ0) is 20.1. The van der Waals surface area contributed by atoms with Gasteiger partial charge >= 0.3 is 0 Å². The van der Waals surface area contributed by atoms with Crippen molar-refractivity contribution in [1.82, 2.24) is 15.2 Å². The lowest BCUT2D eigenvalue weighted by atomic mass is 10.3. The van der Waals surface area contributed by atoms with E-state index in [1.54, 1.807) is 42.5 Å². The van der Waals surface area contributed by atoms with Crippen LogP contribution in [0.3, 0.4) is 0 Å². The van der Waals surface area contributed by atoms with E-state index in [9.17, 15) is 4.79 Å². The Bertz CT molecular complexity index is 1160. The highest BCUT2D eigenvalue weighted by molar-refractivity contribution is 6.31. The summed E-state index contributed by atoms with van der Waals surface area (Å²) in [4.78, 5) is 18.7. The largest absolute Gasteiger partial charge is 0.385 e. The summed E-state index contributed by atoms with van der Waals surface area (Å²) in [6, 6.07) is 21.5. The second-order valence-corrected chi connectivity index (χ2v) is 6.44. The fourth-order valence-electron chi connectivity index (χ4n) is 2.51. The second kappa shape index (κ2) is 8.49. The first-order chi connectivity index (χ1) is 14.2. The molecule has 0 saturated carbocycles. The van der Waals surface area contributed by atoms with Gasteiger partial charge in [0.05, 0.1) is 11.4 Å². The summed E-state index contributed by atoms with van der Waals surface area (Å²) in [7, 11) is 0. The summed E-state index contributed by atoms with van der Waals surface area (Å²) in [5, 5.41) is 19.4. The highest BCUT2D eigenvalue weighted by Crippen LogP contribution is 2.20. The Labute approximate surface area is 170 Å². The number of amides is 1. The predicted octanol–water partition coefficient (Wildman–Crippen LogP) is 4.57. The molecule has 0 aliphatic heterocycles. The zero-order valence-electron chi connectivity index (χ0n) is 15.1. The molecule has 0 aliphatic carbocycles. The molecule has 0 aliphatic rings. The number of carbonyl (C=O) groups excluding carboxylic acids is 1. The molecule has 0 fully saturated rings.